The fourth-order valence-corrected chi connectivity index (χ4v) is 8.76. The molecule has 4 heteroatoms. The number of benzene rings is 3. The van der Waals surface area contributed by atoms with Gasteiger partial charge >= 0.3 is 5.97 Å². The van der Waals surface area contributed by atoms with Gasteiger partial charge in [0.25, 0.3) is 0 Å². The van der Waals surface area contributed by atoms with Crippen LogP contribution in [0, 0.1) is 17.8 Å². The molecule has 0 atom stereocenters. The first-order valence-electron chi connectivity index (χ1n) is 13.5. The molecule has 4 saturated carbocycles. The molecule has 188 valence electrons. The van der Waals surface area contributed by atoms with Gasteiger partial charge in [-0.3, -0.25) is 0 Å². The van der Waals surface area contributed by atoms with Gasteiger partial charge in [0.1, 0.15) is 17.2 Å². The molecule has 0 unspecified atom stereocenters. The molecule has 4 aliphatic carbocycles. The lowest BCUT2D eigenvalue weighted by atomic mass is 9.48. The molecule has 0 radical (unpaired) electrons. The zero-order valence-corrected chi connectivity index (χ0v) is 22.1. The van der Waals surface area contributed by atoms with E-state index in [4.69, 9.17) is 9.47 Å². The van der Waals surface area contributed by atoms with Crippen molar-refractivity contribution in [2.45, 2.75) is 50.5 Å². The lowest BCUT2D eigenvalue weighted by Crippen LogP contribution is -2.48. The standard InChI is InChI=1S/C33H32O3S/c1-35-32(34)31-10-9-30(37-31)26-8-7-25-16-29(36-20-21-5-3-2-4-6-21)28(15-27(25)14-26)33-17-22-11-23(18-33)13-24(12-22)19-33/h2-10,14-16,22-24H,11-13,17-20H2,1H3. The summed E-state index contributed by atoms with van der Waals surface area (Å²) in [6, 6.07) is 25.7. The second-order valence-electron chi connectivity index (χ2n) is 11.5. The molecule has 0 aliphatic heterocycles. The number of hydrogen-bond donors (Lipinski definition) is 0. The number of fused-ring (bicyclic) bond motifs is 1. The fourth-order valence-electron chi connectivity index (χ4n) is 7.84. The zero-order chi connectivity index (χ0) is 25.0. The monoisotopic (exact) mass is 508 g/mol. The first-order valence-corrected chi connectivity index (χ1v) is 14.3. The van der Waals surface area contributed by atoms with E-state index >= 15 is 0 Å². The first-order chi connectivity index (χ1) is 18.1. The molecule has 8 rings (SSSR count). The van der Waals surface area contributed by atoms with Gasteiger partial charge in [-0.15, -0.1) is 11.3 Å². The highest BCUT2D eigenvalue weighted by molar-refractivity contribution is 7.17. The van der Waals surface area contributed by atoms with E-state index in [1.807, 2.05) is 12.1 Å². The number of carbonyl (C=O) groups excluding carboxylic acids is 1. The predicted octanol–water partition coefficient (Wildman–Crippen LogP) is 8.40. The van der Waals surface area contributed by atoms with Crippen LogP contribution in [0.25, 0.3) is 21.2 Å². The molecular formula is C33H32O3S. The average Bonchev–Trinajstić information content (AvgIpc) is 3.41. The van der Waals surface area contributed by atoms with E-state index in [9.17, 15) is 4.79 Å². The van der Waals surface area contributed by atoms with Gasteiger partial charge in [0, 0.05) is 10.4 Å². The number of esters is 1. The van der Waals surface area contributed by atoms with Gasteiger partial charge in [-0.25, -0.2) is 4.79 Å². The third-order valence-electron chi connectivity index (χ3n) is 9.06. The van der Waals surface area contributed by atoms with E-state index < -0.39 is 0 Å². The smallest absolute Gasteiger partial charge is 0.348 e. The van der Waals surface area contributed by atoms with Gasteiger partial charge in [-0.1, -0.05) is 42.5 Å². The highest BCUT2D eigenvalue weighted by Gasteiger charge is 2.52. The third-order valence-corrected chi connectivity index (χ3v) is 10.2. The average molecular weight is 509 g/mol. The van der Waals surface area contributed by atoms with Crippen molar-refractivity contribution in [3.05, 3.63) is 88.8 Å². The minimum Gasteiger partial charge on any atom is -0.489 e. The van der Waals surface area contributed by atoms with E-state index in [2.05, 4.69) is 60.7 Å². The van der Waals surface area contributed by atoms with Crippen molar-refractivity contribution in [1.82, 2.24) is 0 Å². The number of thiophene rings is 1. The summed E-state index contributed by atoms with van der Waals surface area (Å²) in [4.78, 5) is 13.7. The van der Waals surface area contributed by atoms with Crippen LogP contribution in [0.2, 0.25) is 0 Å². The molecule has 0 N–H and O–H groups in total. The maximum Gasteiger partial charge on any atom is 0.348 e. The van der Waals surface area contributed by atoms with Crippen LogP contribution in [0.1, 0.15) is 59.3 Å². The second-order valence-corrected chi connectivity index (χ2v) is 12.6. The third kappa shape index (κ3) is 4.16. The van der Waals surface area contributed by atoms with Crippen molar-refractivity contribution < 1.29 is 14.3 Å². The quantitative estimate of drug-likeness (QED) is 0.245. The summed E-state index contributed by atoms with van der Waals surface area (Å²) in [5, 5.41) is 2.45. The Bertz CT molecular complexity index is 1430. The minimum absolute atomic E-state index is 0.242. The largest absolute Gasteiger partial charge is 0.489 e. The van der Waals surface area contributed by atoms with Gasteiger partial charge in [-0.05, 0) is 114 Å². The molecule has 4 bridgehead atoms. The van der Waals surface area contributed by atoms with Crippen LogP contribution in [0.4, 0.5) is 0 Å². The van der Waals surface area contributed by atoms with E-state index in [1.54, 1.807) is 0 Å². The summed E-state index contributed by atoms with van der Waals surface area (Å²) in [5.41, 5.74) is 4.01. The summed E-state index contributed by atoms with van der Waals surface area (Å²) in [7, 11) is 1.43. The molecule has 0 amide bonds. The Morgan fingerprint density at radius 3 is 2.30 bits per heavy atom. The van der Waals surface area contributed by atoms with Crippen molar-refractivity contribution in [3.8, 4) is 16.2 Å². The first kappa shape index (κ1) is 23.0. The SMILES string of the molecule is COC(=O)c1ccc(-c2ccc3cc(OCc4ccccc4)c(C45CC6CC(CC(C6)C4)C5)cc3c2)s1. The Morgan fingerprint density at radius 2 is 1.59 bits per heavy atom. The van der Waals surface area contributed by atoms with Crippen molar-refractivity contribution in [2.75, 3.05) is 7.11 Å². The molecule has 4 aliphatic rings. The van der Waals surface area contributed by atoms with Crippen LogP contribution < -0.4 is 4.74 Å². The maximum absolute atomic E-state index is 12.0. The maximum atomic E-state index is 12.0. The number of hydrogen-bond acceptors (Lipinski definition) is 4. The Balaban J connectivity index is 1.31. The van der Waals surface area contributed by atoms with Crippen LogP contribution in [0.3, 0.4) is 0 Å². The van der Waals surface area contributed by atoms with Crippen molar-refractivity contribution in [2.24, 2.45) is 17.8 Å². The molecule has 4 fully saturated rings. The molecule has 3 nitrogen and oxygen atoms in total. The zero-order valence-electron chi connectivity index (χ0n) is 21.2. The van der Waals surface area contributed by atoms with Crippen molar-refractivity contribution in [3.63, 3.8) is 0 Å². The van der Waals surface area contributed by atoms with Gasteiger partial charge in [0.15, 0.2) is 0 Å². The van der Waals surface area contributed by atoms with Gasteiger partial charge in [0.05, 0.1) is 7.11 Å². The summed E-state index contributed by atoms with van der Waals surface area (Å²) in [6.07, 6.45) is 8.20. The normalized spacial score (nSPS) is 25.9. The topological polar surface area (TPSA) is 35.5 Å². The number of methoxy groups -OCH3 is 1. The van der Waals surface area contributed by atoms with Crippen molar-refractivity contribution >= 4 is 28.1 Å². The van der Waals surface area contributed by atoms with Crippen LogP contribution in [-0.4, -0.2) is 13.1 Å². The molecule has 1 heterocycles. The van der Waals surface area contributed by atoms with E-state index in [0.717, 1.165) is 33.9 Å². The molecule has 1 aromatic heterocycles. The molecule has 4 aromatic rings. The number of ether oxygens (including phenoxy) is 2. The lowest BCUT2D eigenvalue weighted by molar-refractivity contribution is -0.00640. The highest BCUT2D eigenvalue weighted by atomic mass is 32.1. The lowest BCUT2D eigenvalue weighted by Gasteiger charge is -2.57. The Morgan fingerprint density at radius 1 is 0.865 bits per heavy atom. The van der Waals surface area contributed by atoms with Crippen LogP contribution in [0.15, 0.2) is 72.8 Å². The summed E-state index contributed by atoms with van der Waals surface area (Å²) in [5.74, 6) is 3.41. The summed E-state index contributed by atoms with van der Waals surface area (Å²) >= 11 is 1.49. The Kier molecular flexibility index (Phi) is 5.62. The molecular weight excluding hydrogens is 476 g/mol. The summed E-state index contributed by atoms with van der Waals surface area (Å²) < 4.78 is 11.5. The van der Waals surface area contributed by atoms with E-state index in [1.165, 1.54) is 78.9 Å². The van der Waals surface area contributed by atoms with Crippen LogP contribution in [-0.2, 0) is 16.8 Å². The van der Waals surface area contributed by atoms with Gasteiger partial charge in [0.2, 0.25) is 0 Å². The Labute approximate surface area is 222 Å². The van der Waals surface area contributed by atoms with Gasteiger partial charge < -0.3 is 9.47 Å². The van der Waals surface area contributed by atoms with Gasteiger partial charge in [-0.2, -0.15) is 0 Å². The second kappa shape index (κ2) is 9.02. The molecule has 0 spiro atoms. The van der Waals surface area contributed by atoms with Crippen molar-refractivity contribution in [1.29, 1.82) is 0 Å². The molecule has 3 aromatic carbocycles. The predicted molar refractivity (Wildman–Crippen MR) is 149 cm³/mol. The van der Waals surface area contributed by atoms with E-state index in [-0.39, 0.29) is 11.4 Å². The van der Waals surface area contributed by atoms with Crippen LogP contribution >= 0.6 is 11.3 Å². The molecule has 0 saturated heterocycles. The number of rotatable bonds is 6. The van der Waals surface area contributed by atoms with Crippen LogP contribution in [0.5, 0.6) is 5.75 Å². The summed E-state index contributed by atoms with van der Waals surface area (Å²) in [6.45, 7) is 0.593. The molecule has 37 heavy (non-hydrogen) atoms. The Hall–Kier alpha value is -3.11. The minimum atomic E-state index is -0.277. The number of carbonyl (C=O) groups is 1. The fraction of sp³-hybridized carbons (Fsp3) is 0.364. The van der Waals surface area contributed by atoms with E-state index in [0.29, 0.717) is 11.5 Å². The highest BCUT2D eigenvalue weighted by Crippen LogP contribution is 2.62.